The van der Waals surface area contributed by atoms with Gasteiger partial charge in [0.2, 0.25) is 0 Å². The second-order valence-corrected chi connectivity index (χ2v) is 5.51. The van der Waals surface area contributed by atoms with Crippen LogP contribution in [-0.2, 0) is 4.79 Å². The largest absolute Gasteiger partial charge is 0.423 e. The second-order valence-electron chi connectivity index (χ2n) is 5.51. The number of benzene rings is 2. The maximum Gasteiger partial charge on any atom is 0.336 e. The standard InChI is InChI=1S/C19H13NO6/c1-12-9-19(22)26-17-11-15(6-7-16(12)17)25-18(21)8-5-13-3-2-4-14(10-13)20(23)24/h2-11H,1H3/b8-5-. The summed E-state index contributed by atoms with van der Waals surface area (Å²) in [6.45, 7) is 1.78. The van der Waals surface area contributed by atoms with Crippen LogP contribution < -0.4 is 10.4 Å². The van der Waals surface area contributed by atoms with Crippen LogP contribution in [0, 0.1) is 17.0 Å². The van der Waals surface area contributed by atoms with E-state index in [4.69, 9.17) is 9.15 Å². The lowest BCUT2D eigenvalue weighted by Gasteiger charge is -2.04. The Bertz CT molecular complexity index is 1100. The summed E-state index contributed by atoms with van der Waals surface area (Å²) in [5.41, 5.74) is 1.03. The number of rotatable bonds is 4. The van der Waals surface area contributed by atoms with Crippen molar-refractivity contribution in [1.82, 2.24) is 0 Å². The van der Waals surface area contributed by atoms with Crippen molar-refractivity contribution in [2.24, 2.45) is 0 Å². The van der Waals surface area contributed by atoms with E-state index < -0.39 is 16.5 Å². The number of esters is 1. The van der Waals surface area contributed by atoms with E-state index in [0.29, 0.717) is 11.1 Å². The summed E-state index contributed by atoms with van der Waals surface area (Å²) < 4.78 is 10.3. The van der Waals surface area contributed by atoms with Gasteiger partial charge in [0, 0.05) is 35.7 Å². The topological polar surface area (TPSA) is 99.7 Å². The molecule has 1 aromatic heterocycles. The predicted molar refractivity (Wildman–Crippen MR) is 95.0 cm³/mol. The summed E-state index contributed by atoms with van der Waals surface area (Å²) in [5, 5.41) is 11.5. The normalized spacial score (nSPS) is 11.0. The lowest BCUT2D eigenvalue weighted by molar-refractivity contribution is -0.384. The smallest absolute Gasteiger partial charge is 0.336 e. The van der Waals surface area contributed by atoms with Gasteiger partial charge >= 0.3 is 11.6 Å². The van der Waals surface area contributed by atoms with E-state index in [-0.39, 0.29) is 11.4 Å². The number of hydrogen-bond acceptors (Lipinski definition) is 6. The van der Waals surface area contributed by atoms with Crippen LogP contribution in [0.5, 0.6) is 5.75 Å². The van der Waals surface area contributed by atoms with Crippen molar-refractivity contribution in [3.8, 4) is 5.75 Å². The number of aryl methyl sites for hydroxylation is 1. The Morgan fingerprint density at radius 3 is 2.77 bits per heavy atom. The van der Waals surface area contributed by atoms with Gasteiger partial charge in [0.05, 0.1) is 4.92 Å². The van der Waals surface area contributed by atoms with Gasteiger partial charge in [-0.3, -0.25) is 10.1 Å². The summed E-state index contributed by atoms with van der Waals surface area (Å²) >= 11 is 0. The van der Waals surface area contributed by atoms with Crippen LogP contribution in [0.4, 0.5) is 5.69 Å². The van der Waals surface area contributed by atoms with Gasteiger partial charge in [-0.2, -0.15) is 0 Å². The van der Waals surface area contributed by atoms with Crippen molar-refractivity contribution in [3.63, 3.8) is 0 Å². The minimum Gasteiger partial charge on any atom is -0.423 e. The average Bonchev–Trinajstić information content (AvgIpc) is 2.59. The van der Waals surface area contributed by atoms with Gasteiger partial charge in [0.1, 0.15) is 11.3 Å². The first-order valence-electron chi connectivity index (χ1n) is 7.61. The molecule has 7 heteroatoms. The molecule has 0 aliphatic carbocycles. The van der Waals surface area contributed by atoms with Gasteiger partial charge in [-0.15, -0.1) is 0 Å². The molecule has 1 heterocycles. The number of fused-ring (bicyclic) bond motifs is 1. The minimum atomic E-state index is -0.661. The van der Waals surface area contributed by atoms with Crippen molar-refractivity contribution in [2.75, 3.05) is 0 Å². The number of carbonyl (C=O) groups is 1. The Balaban J connectivity index is 1.77. The van der Waals surface area contributed by atoms with E-state index in [1.807, 2.05) is 0 Å². The molecule has 0 amide bonds. The predicted octanol–water partition coefficient (Wildman–Crippen LogP) is 3.63. The van der Waals surface area contributed by atoms with Crippen LogP contribution in [-0.4, -0.2) is 10.9 Å². The van der Waals surface area contributed by atoms with Crippen molar-refractivity contribution in [2.45, 2.75) is 6.92 Å². The molecular formula is C19H13NO6. The molecule has 0 unspecified atom stereocenters. The number of hydrogen-bond donors (Lipinski definition) is 0. The molecule has 26 heavy (non-hydrogen) atoms. The third-order valence-electron chi connectivity index (χ3n) is 3.63. The lowest BCUT2D eigenvalue weighted by atomic mass is 10.1. The highest BCUT2D eigenvalue weighted by atomic mass is 16.6. The van der Waals surface area contributed by atoms with Gasteiger partial charge in [0.15, 0.2) is 0 Å². The zero-order valence-electron chi connectivity index (χ0n) is 13.7. The number of nitrogens with zero attached hydrogens (tertiary/aromatic N) is 1. The quantitative estimate of drug-likeness (QED) is 0.178. The van der Waals surface area contributed by atoms with Crippen LogP contribution in [0.25, 0.3) is 17.0 Å². The molecule has 3 rings (SSSR count). The summed E-state index contributed by atoms with van der Waals surface area (Å²) in [6, 6.07) is 12.0. The van der Waals surface area contributed by atoms with Gasteiger partial charge in [-0.1, -0.05) is 12.1 Å². The Labute approximate surface area is 147 Å². The van der Waals surface area contributed by atoms with E-state index in [1.165, 1.54) is 36.4 Å². The van der Waals surface area contributed by atoms with E-state index >= 15 is 0 Å². The van der Waals surface area contributed by atoms with E-state index in [9.17, 15) is 19.7 Å². The molecule has 0 aliphatic heterocycles. The molecule has 0 radical (unpaired) electrons. The molecule has 0 bridgehead atoms. The van der Waals surface area contributed by atoms with Crippen LogP contribution in [0.1, 0.15) is 11.1 Å². The molecule has 0 saturated heterocycles. The molecule has 7 nitrogen and oxygen atoms in total. The van der Waals surface area contributed by atoms with Crippen LogP contribution >= 0.6 is 0 Å². The van der Waals surface area contributed by atoms with E-state index in [2.05, 4.69) is 0 Å². The highest BCUT2D eigenvalue weighted by Crippen LogP contribution is 2.22. The van der Waals surface area contributed by atoms with Crippen molar-refractivity contribution < 1.29 is 18.9 Å². The summed E-state index contributed by atoms with van der Waals surface area (Å²) in [6.07, 6.45) is 2.58. The molecule has 0 fully saturated rings. The average molecular weight is 351 g/mol. The molecule has 0 N–H and O–H groups in total. The summed E-state index contributed by atoms with van der Waals surface area (Å²) in [7, 11) is 0. The summed E-state index contributed by atoms with van der Waals surface area (Å²) in [5.74, 6) is -0.439. The van der Waals surface area contributed by atoms with E-state index in [1.54, 1.807) is 25.1 Å². The summed E-state index contributed by atoms with van der Waals surface area (Å²) in [4.78, 5) is 33.6. The van der Waals surface area contributed by atoms with Gasteiger partial charge in [-0.25, -0.2) is 9.59 Å². The van der Waals surface area contributed by atoms with Gasteiger partial charge in [0.25, 0.3) is 5.69 Å². The van der Waals surface area contributed by atoms with Crippen molar-refractivity contribution in [1.29, 1.82) is 0 Å². The van der Waals surface area contributed by atoms with E-state index in [0.717, 1.165) is 17.0 Å². The van der Waals surface area contributed by atoms with Crippen LogP contribution in [0.15, 0.2) is 63.8 Å². The molecule has 0 saturated carbocycles. The fraction of sp³-hybridized carbons (Fsp3) is 0.0526. The molecule has 0 atom stereocenters. The third-order valence-corrected chi connectivity index (χ3v) is 3.63. The van der Waals surface area contributed by atoms with Gasteiger partial charge in [-0.05, 0) is 36.3 Å². The maximum absolute atomic E-state index is 11.9. The van der Waals surface area contributed by atoms with Crippen molar-refractivity contribution >= 4 is 28.7 Å². The van der Waals surface area contributed by atoms with Crippen molar-refractivity contribution in [3.05, 3.63) is 86.3 Å². The fourth-order valence-corrected chi connectivity index (χ4v) is 2.43. The maximum atomic E-state index is 11.9. The Kier molecular flexibility index (Phi) is 4.62. The molecule has 0 spiro atoms. The first-order chi connectivity index (χ1) is 12.4. The number of non-ortho nitro benzene ring substituents is 1. The third kappa shape index (κ3) is 3.84. The highest BCUT2D eigenvalue weighted by molar-refractivity contribution is 5.89. The Hall–Kier alpha value is -3.74. The molecular weight excluding hydrogens is 338 g/mol. The molecule has 3 aromatic rings. The molecule has 0 aliphatic rings. The highest BCUT2D eigenvalue weighted by Gasteiger charge is 2.07. The van der Waals surface area contributed by atoms with Crippen LogP contribution in [0.2, 0.25) is 0 Å². The molecule has 130 valence electrons. The number of nitro benzene ring substituents is 1. The minimum absolute atomic E-state index is 0.0690. The zero-order valence-corrected chi connectivity index (χ0v) is 13.7. The fourth-order valence-electron chi connectivity index (χ4n) is 2.43. The Morgan fingerprint density at radius 2 is 2.00 bits per heavy atom. The molecule has 2 aromatic carbocycles. The number of carbonyl (C=O) groups excluding carboxylic acids is 1. The lowest BCUT2D eigenvalue weighted by Crippen LogP contribution is -2.04. The van der Waals surface area contributed by atoms with Crippen LogP contribution in [0.3, 0.4) is 0 Å². The number of ether oxygens (including phenoxy) is 1. The Morgan fingerprint density at radius 1 is 1.19 bits per heavy atom. The first-order valence-corrected chi connectivity index (χ1v) is 7.61. The number of nitro groups is 1. The first kappa shape index (κ1) is 17.1. The van der Waals surface area contributed by atoms with Gasteiger partial charge < -0.3 is 9.15 Å². The zero-order chi connectivity index (χ0) is 18.7. The SMILES string of the molecule is Cc1cc(=O)oc2cc(OC(=O)/C=C\c3cccc([N+](=O)[O-])c3)ccc12. The second kappa shape index (κ2) is 7.02. The monoisotopic (exact) mass is 351 g/mol.